The average molecular weight is 1970 g/mol. The van der Waals surface area contributed by atoms with Crippen LogP contribution in [0.4, 0.5) is 27.4 Å². The maximum Gasteiger partial charge on any atom is 0.327 e. The zero-order valence-corrected chi connectivity index (χ0v) is 85.9. The third kappa shape index (κ3) is 28.1. The fourth-order valence-corrected chi connectivity index (χ4v) is 16.9. The van der Waals surface area contributed by atoms with Gasteiger partial charge in [0.15, 0.2) is 12.3 Å². The largest absolute Gasteiger partial charge is 0.507 e. The standard InChI is InChI=1S/C41H52O9.C32H42O9.C15H30N6O6.C12H22N4O6/c1-40(2,34-14-26(20-45-4)37(42)27(15-34)21-46-5)32-10-12-33(13-11-32)41(3,35-16-28(22-47-6)38(43)29(17-35)23-48-7)36-18-30(24-49-8)39(44)31(19-36)25-50-9;1-32(26-8-20(14-36-2)29(33)21(9-26)15-37-3,27-10-22(16-38-4)30(34)23(11-27)17-39-5)28-12-24(18-40-6)31(35)25(13-28)19-41-7;1-22-7-19(8-23-2)13-16-14(20(9-24-3)10-25-4)18-15(17-13)21(11-26-5)12-27-6;1-19-5-13-9-10(15(7-21-3)11(13)17)16(8-22-4)12(18)14(9)6-20-2/h10-19,42-44H,20-25H2,1-9H3;8-13,33-35H,14-19H2,1-7H3;7-12H2,1-6H3;9-10H,5-8H2,1-4H3. The summed E-state index contributed by atoms with van der Waals surface area (Å²) in [4.78, 5) is 49.7. The van der Waals surface area contributed by atoms with Crippen LogP contribution in [0.5, 0.6) is 34.5 Å². The van der Waals surface area contributed by atoms with Crippen LogP contribution in [-0.4, -0.2) is 313 Å². The second-order valence-corrected chi connectivity index (χ2v) is 33.8. The predicted molar refractivity (Wildman–Crippen MR) is 519 cm³/mol. The van der Waals surface area contributed by atoms with Crippen LogP contribution in [0.3, 0.4) is 0 Å². The minimum Gasteiger partial charge on any atom is -0.507 e. The van der Waals surface area contributed by atoms with E-state index in [0.29, 0.717) is 84.6 Å². The molecule has 2 saturated heterocycles. The topological polar surface area (TPSA) is 420 Å². The number of hydrogen-bond acceptors (Lipinski definition) is 36. The normalized spacial score (nSPS) is 13.8. The number of hydrogen-bond donors (Lipinski definition) is 6. The number of aromatic hydroxyl groups is 6. The molecule has 140 heavy (non-hydrogen) atoms. The minimum absolute atomic E-state index is 0.0640. The van der Waals surface area contributed by atoms with Crippen molar-refractivity contribution in [3.63, 3.8) is 0 Å². The third-order valence-corrected chi connectivity index (χ3v) is 23.8. The van der Waals surface area contributed by atoms with Crippen LogP contribution in [0.25, 0.3) is 0 Å². The lowest BCUT2D eigenvalue weighted by Crippen LogP contribution is -2.48. The number of nitrogens with zero attached hydrogens (tertiary/aromatic N) is 10. The Balaban J connectivity index is 0.000000266. The van der Waals surface area contributed by atoms with Crippen LogP contribution in [0.1, 0.15) is 139 Å². The summed E-state index contributed by atoms with van der Waals surface area (Å²) in [5, 5.41) is 66.2. The van der Waals surface area contributed by atoms with Gasteiger partial charge in [-0.1, -0.05) is 38.1 Å². The highest BCUT2D eigenvalue weighted by atomic mass is 16.5. The number of aromatic nitrogens is 3. The van der Waals surface area contributed by atoms with E-state index in [1.807, 2.05) is 72.8 Å². The van der Waals surface area contributed by atoms with Gasteiger partial charge in [0.1, 0.15) is 102 Å². The number of ether oxygens (including phenoxy) is 22. The van der Waals surface area contributed by atoms with E-state index in [1.165, 1.54) is 48.0 Å². The Morgan fingerprint density at radius 1 is 0.236 bits per heavy atom. The number of benzene rings is 7. The molecule has 7 aromatic carbocycles. The molecule has 40 heteroatoms. The van der Waals surface area contributed by atoms with Crippen molar-refractivity contribution in [2.75, 3.05) is 238 Å². The molecular weight excluding hydrogens is 1820 g/mol. The van der Waals surface area contributed by atoms with Gasteiger partial charge in [-0.15, -0.1) is 0 Å². The van der Waals surface area contributed by atoms with Crippen LogP contribution in [0.15, 0.2) is 97.1 Å². The van der Waals surface area contributed by atoms with Crippen molar-refractivity contribution >= 4 is 29.9 Å². The highest BCUT2D eigenvalue weighted by Gasteiger charge is 2.59. The predicted octanol–water partition coefficient (Wildman–Crippen LogP) is 11.8. The molecule has 3 heterocycles. The van der Waals surface area contributed by atoms with Crippen molar-refractivity contribution in [2.24, 2.45) is 0 Å². The van der Waals surface area contributed by atoms with Crippen molar-refractivity contribution in [1.82, 2.24) is 34.6 Å². The van der Waals surface area contributed by atoms with Crippen molar-refractivity contribution in [3.8, 4) is 34.5 Å². The third-order valence-electron chi connectivity index (χ3n) is 23.8. The first-order chi connectivity index (χ1) is 67.3. The Kier molecular flexibility index (Phi) is 47.8. The van der Waals surface area contributed by atoms with E-state index in [9.17, 15) is 40.2 Å². The number of phenolic OH excluding ortho intramolecular Hbond substituents is 6. The summed E-state index contributed by atoms with van der Waals surface area (Å²) in [5.41, 5.74) is 12.9. The number of fused-ring (bicyclic) bond motifs is 1. The van der Waals surface area contributed by atoms with Gasteiger partial charge in [0.05, 0.1) is 79.3 Å². The lowest BCUT2D eigenvalue weighted by atomic mass is 9.68. The summed E-state index contributed by atoms with van der Waals surface area (Å²) in [6, 6.07) is 31.3. The maximum absolute atomic E-state index is 12.6. The van der Waals surface area contributed by atoms with E-state index in [-0.39, 0.29) is 193 Å². The van der Waals surface area contributed by atoms with Gasteiger partial charge < -0.3 is 135 Å². The number of carbonyl (C=O) groups excluding carboxylic acids is 2. The molecule has 0 radical (unpaired) electrons. The average Bonchev–Trinajstić information content (AvgIpc) is 1.62. The van der Waals surface area contributed by atoms with E-state index < -0.39 is 28.6 Å². The fraction of sp³-hybridized carbons (Fsp3) is 0.530. The molecule has 776 valence electrons. The lowest BCUT2D eigenvalue weighted by Gasteiger charge is -2.35. The second kappa shape index (κ2) is 57.5. The number of anilines is 3. The summed E-state index contributed by atoms with van der Waals surface area (Å²) in [5.74, 6) is 1.89. The van der Waals surface area contributed by atoms with Crippen molar-refractivity contribution in [2.45, 2.75) is 136 Å². The number of methoxy groups -OCH3 is 22. The molecule has 6 N–H and O–H groups in total. The van der Waals surface area contributed by atoms with Gasteiger partial charge in [0.25, 0.3) is 0 Å². The second-order valence-electron chi connectivity index (χ2n) is 33.8. The molecule has 10 rings (SSSR count). The van der Waals surface area contributed by atoms with Crippen LogP contribution < -0.4 is 14.7 Å². The number of amides is 4. The molecule has 1 aromatic heterocycles. The smallest absolute Gasteiger partial charge is 0.327 e. The molecule has 2 fully saturated rings. The molecule has 0 unspecified atom stereocenters. The number of phenols is 6. The first-order valence-electron chi connectivity index (χ1n) is 44.5. The zero-order chi connectivity index (χ0) is 103. The van der Waals surface area contributed by atoms with Crippen LogP contribution in [-0.2, 0) is 200 Å². The molecular formula is C100H146N10O30. The molecule has 8 aromatic rings. The van der Waals surface area contributed by atoms with Gasteiger partial charge in [-0.05, 0) is 131 Å². The molecule has 2 aliphatic heterocycles. The highest BCUT2D eigenvalue weighted by molar-refractivity contribution is 5.85. The summed E-state index contributed by atoms with van der Waals surface area (Å²) < 4.78 is 117. The van der Waals surface area contributed by atoms with Gasteiger partial charge >= 0.3 is 12.1 Å². The van der Waals surface area contributed by atoms with E-state index in [2.05, 4.69) is 66.9 Å². The summed E-state index contributed by atoms with van der Waals surface area (Å²) >= 11 is 0. The van der Waals surface area contributed by atoms with Crippen LogP contribution >= 0.6 is 0 Å². The summed E-state index contributed by atoms with van der Waals surface area (Å²) in [7, 11) is 34.5. The molecule has 0 spiro atoms. The number of rotatable bonds is 55. The minimum atomic E-state index is -0.879. The molecule has 0 atom stereocenters. The highest BCUT2D eigenvalue weighted by Crippen LogP contribution is 2.49. The molecule has 0 saturated carbocycles. The van der Waals surface area contributed by atoms with Gasteiger partial charge in [-0.25, -0.2) is 9.59 Å². The maximum atomic E-state index is 12.6. The van der Waals surface area contributed by atoms with Crippen molar-refractivity contribution in [3.05, 3.63) is 208 Å². The molecule has 2 aliphatic rings. The summed E-state index contributed by atoms with van der Waals surface area (Å²) in [6.07, 6.45) is -1.05. The van der Waals surface area contributed by atoms with Crippen molar-refractivity contribution < 1.29 is 144 Å². The Bertz CT molecular complexity index is 4620. The molecule has 40 nitrogen and oxygen atoms in total. The Hall–Kier alpha value is -10.6. The first kappa shape index (κ1) is 116. The monoisotopic (exact) mass is 1970 g/mol. The Labute approximate surface area is 821 Å². The van der Waals surface area contributed by atoms with Gasteiger partial charge in [-0.3, -0.25) is 34.3 Å². The van der Waals surface area contributed by atoms with Gasteiger partial charge in [-0.2, -0.15) is 15.0 Å². The molecule has 0 aliphatic carbocycles. The number of carbonyl (C=O) groups is 2. The first-order valence-corrected chi connectivity index (χ1v) is 44.5. The Morgan fingerprint density at radius 2 is 0.393 bits per heavy atom. The van der Waals surface area contributed by atoms with Crippen LogP contribution in [0.2, 0.25) is 0 Å². The van der Waals surface area contributed by atoms with E-state index in [4.69, 9.17) is 104 Å². The van der Waals surface area contributed by atoms with E-state index in [1.54, 1.807) is 143 Å². The van der Waals surface area contributed by atoms with Gasteiger partial charge in [0, 0.05) is 239 Å². The number of urea groups is 2. The quantitative estimate of drug-likeness (QED) is 0.0152. The SMILES string of the molecule is COCN(COC)c1nc(N(COC)COC)nc(N(COC)COC)n1.COCN1C(=O)N(COC)C2C1N(COC)C(=O)N2COC.COCc1cc(C(C)(C)c2ccc(C(C)(c3cc(COC)c(O)c(COC)c3)c3cc(COC)c(O)c(COC)c3)cc2)cc(COC)c1O.COCc1cc(C(C)(c2cc(COC)c(O)c(COC)c2)c2cc(COC)c(O)c(COC)c2)cc(COC)c1O. The van der Waals surface area contributed by atoms with E-state index in [0.717, 1.165) is 44.5 Å². The fourth-order valence-electron chi connectivity index (χ4n) is 16.9. The molecule has 0 bridgehead atoms. The van der Waals surface area contributed by atoms with E-state index >= 15 is 0 Å². The lowest BCUT2D eigenvalue weighted by molar-refractivity contribution is -0.0135. The molecule has 4 amide bonds. The van der Waals surface area contributed by atoms with Gasteiger partial charge in [0.2, 0.25) is 17.8 Å². The zero-order valence-electron chi connectivity index (χ0n) is 85.9. The van der Waals surface area contributed by atoms with Crippen molar-refractivity contribution in [1.29, 1.82) is 0 Å². The Morgan fingerprint density at radius 3 is 0.550 bits per heavy atom. The van der Waals surface area contributed by atoms with Crippen LogP contribution in [0, 0.1) is 0 Å². The summed E-state index contributed by atoms with van der Waals surface area (Å²) in [6.45, 7) is 12.7.